The van der Waals surface area contributed by atoms with Gasteiger partial charge >= 0.3 is 29.8 Å². The van der Waals surface area contributed by atoms with Gasteiger partial charge in [0.25, 0.3) is 0 Å². The van der Waals surface area contributed by atoms with Gasteiger partial charge in [-0.15, -0.1) is 0 Å². The molecule has 0 radical (unpaired) electrons. The maximum atomic E-state index is 14.0. The Bertz CT molecular complexity index is 3030. The molecule has 0 spiro atoms. The smallest absolute Gasteiger partial charge is 0.317 e. The lowest BCUT2D eigenvalue weighted by Gasteiger charge is -2.34. The van der Waals surface area contributed by atoms with Crippen molar-refractivity contribution in [3.05, 3.63) is 121 Å². The van der Waals surface area contributed by atoms with Crippen LogP contribution in [0.3, 0.4) is 0 Å². The summed E-state index contributed by atoms with van der Waals surface area (Å²) in [4.78, 5) is 92.3. The molecule has 1 aliphatic carbocycles. The van der Waals surface area contributed by atoms with Gasteiger partial charge in [-0.05, 0) is 112 Å². The Hall–Kier alpha value is -7.59. The van der Waals surface area contributed by atoms with Crippen molar-refractivity contribution < 1.29 is 64.1 Å². The van der Waals surface area contributed by atoms with Gasteiger partial charge in [0.15, 0.2) is 0 Å². The predicted octanol–water partition coefficient (Wildman–Crippen LogP) is 7.30. The van der Waals surface area contributed by atoms with E-state index < -0.39 is 68.6 Å². The number of aliphatic imine (C=N–C) groups is 3. The van der Waals surface area contributed by atoms with E-state index in [1.54, 1.807) is 24.3 Å². The predicted molar refractivity (Wildman–Crippen MR) is 306 cm³/mol. The number of hydrogen-bond acceptors (Lipinski definition) is 15. The summed E-state index contributed by atoms with van der Waals surface area (Å²) in [5.74, 6) is -6.85. The molecule has 1 aromatic rings. The van der Waals surface area contributed by atoms with Crippen LogP contribution in [0.25, 0.3) is 0 Å². The number of amides is 1. The van der Waals surface area contributed by atoms with Crippen LogP contribution in [0.1, 0.15) is 105 Å². The molecule has 8 N–H and O–H groups in total. The van der Waals surface area contributed by atoms with E-state index in [0.717, 1.165) is 110 Å². The number of aliphatic hydroxyl groups is 1. The van der Waals surface area contributed by atoms with E-state index in [2.05, 4.69) is 64.3 Å². The number of nitrogens with one attached hydrogen (secondary N) is 2. The van der Waals surface area contributed by atoms with Gasteiger partial charge in [-0.1, -0.05) is 52.2 Å². The summed E-state index contributed by atoms with van der Waals surface area (Å²) in [5.41, 5.74) is 14.1. The van der Waals surface area contributed by atoms with E-state index in [1.807, 2.05) is 13.0 Å². The van der Waals surface area contributed by atoms with Gasteiger partial charge in [0, 0.05) is 90.8 Å². The fourth-order valence-corrected chi connectivity index (χ4v) is 11.6. The fourth-order valence-electron chi connectivity index (χ4n) is 11.6. The Morgan fingerprint density at radius 3 is 2.00 bits per heavy atom. The number of anilines is 1. The third-order valence-electron chi connectivity index (χ3n) is 15.7. The molecule has 1 aromatic carbocycles. The summed E-state index contributed by atoms with van der Waals surface area (Å²) >= 11 is 0. The monoisotopic (exact) mass is 1120 g/mol. The minimum atomic E-state index is -1.32. The summed E-state index contributed by atoms with van der Waals surface area (Å²) in [6.07, 6.45) is 11.9. The molecule has 0 saturated carbocycles. The molecule has 2 unspecified atom stereocenters. The second kappa shape index (κ2) is 27.2. The number of carbonyl (C=O) groups is 6. The standard InChI is InChI=1S/C60H76N8O13/c1-8-10-11-12-21-81-37(7)57-35(5)46-24-45-34(4)42(59(64-45)43-23-50(69)58-36(6)47(65-60(43)58)25-48-41(9-2)33(3)44(62-48)26-49(57)63-46)17-18-51(70)61-39-15-13-38(14-16-39)22-40(68(31-55(77)78)32-56(79)80)27-66(28-52(71)72)19-20-67(29-53(73)74)30-54(75)76/h13-16,24-26,34,37,40,42,64,69H,8-12,17-23,27-32H2,1-7H3,(H,61,70)(H,71,72)(H,73,74)(H,75,76)(H,77,78)(H,79,80)/t34-,37?,40?,42-/m0/s1. The molecule has 0 aromatic heterocycles. The maximum Gasteiger partial charge on any atom is 0.317 e. The number of carbonyl (C=O) groups excluding carboxylic acids is 1. The van der Waals surface area contributed by atoms with E-state index in [4.69, 9.17) is 19.7 Å². The molecule has 5 heterocycles. The van der Waals surface area contributed by atoms with E-state index in [9.17, 15) is 59.4 Å². The molecule has 1 amide bonds. The van der Waals surface area contributed by atoms with E-state index in [1.165, 1.54) is 9.80 Å². The number of aliphatic carboxylic acids is 5. The van der Waals surface area contributed by atoms with Crippen LogP contribution in [-0.4, -0.2) is 169 Å². The molecule has 8 bridgehead atoms. The minimum absolute atomic E-state index is 0.0437. The Kier molecular flexibility index (Phi) is 20.5. The molecule has 1 fully saturated rings. The zero-order chi connectivity index (χ0) is 58.8. The van der Waals surface area contributed by atoms with E-state index >= 15 is 0 Å². The number of allylic oxidation sites excluding steroid dienone is 11. The second-order valence-corrected chi connectivity index (χ2v) is 21.6. The first-order chi connectivity index (χ1) is 38.5. The van der Waals surface area contributed by atoms with Crippen LogP contribution in [0.4, 0.5) is 5.69 Å². The largest absolute Gasteiger partial charge is 0.511 e. The zero-order valence-corrected chi connectivity index (χ0v) is 47.3. The number of rotatable bonds is 30. The van der Waals surface area contributed by atoms with Crippen molar-refractivity contribution >= 4 is 58.6 Å². The Morgan fingerprint density at radius 1 is 0.753 bits per heavy atom. The number of nitrogens with zero attached hydrogens (tertiary/aromatic N) is 6. The summed E-state index contributed by atoms with van der Waals surface area (Å²) < 4.78 is 6.51. The highest BCUT2D eigenvalue weighted by atomic mass is 16.5. The summed E-state index contributed by atoms with van der Waals surface area (Å²) in [5, 5.41) is 66.5. The summed E-state index contributed by atoms with van der Waals surface area (Å²) in [6.45, 7) is 11.6. The van der Waals surface area contributed by atoms with Crippen LogP contribution in [0.5, 0.6) is 0 Å². The van der Waals surface area contributed by atoms with Crippen LogP contribution in [0.2, 0.25) is 0 Å². The normalized spacial score (nSPS) is 19.3. The van der Waals surface area contributed by atoms with Crippen molar-refractivity contribution in [2.24, 2.45) is 26.8 Å². The number of aliphatic hydroxyl groups excluding tert-OH is 1. The average molecular weight is 1120 g/mol. The lowest BCUT2D eigenvalue weighted by Crippen LogP contribution is -2.51. The third kappa shape index (κ3) is 15.3. The van der Waals surface area contributed by atoms with Crippen molar-refractivity contribution in [3.63, 3.8) is 0 Å². The van der Waals surface area contributed by atoms with Crippen molar-refractivity contribution in [2.75, 3.05) is 64.3 Å². The van der Waals surface area contributed by atoms with Crippen LogP contribution < -0.4 is 10.6 Å². The van der Waals surface area contributed by atoms with E-state index in [-0.39, 0.29) is 68.5 Å². The highest BCUT2D eigenvalue weighted by molar-refractivity contribution is 6.21. The third-order valence-corrected chi connectivity index (χ3v) is 15.7. The number of carboxylic acids is 5. The van der Waals surface area contributed by atoms with Gasteiger partial charge in [-0.3, -0.25) is 43.5 Å². The highest BCUT2D eigenvalue weighted by Crippen LogP contribution is 2.47. The molecule has 434 valence electrons. The quantitative estimate of drug-likeness (QED) is 0.0350. The zero-order valence-electron chi connectivity index (χ0n) is 47.3. The first kappa shape index (κ1) is 61.0. The first-order valence-corrected chi connectivity index (χ1v) is 27.8. The first-order valence-electron chi connectivity index (χ1n) is 27.8. The van der Waals surface area contributed by atoms with Crippen molar-refractivity contribution in [3.8, 4) is 0 Å². The van der Waals surface area contributed by atoms with Gasteiger partial charge in [-0.25, -0.2) is 15.0 Å². The van der Waals surface area contributed by atoms with Crippen LogP contribution >= 0.6 is 0 Å². The lowest BCUT2D eigenvalue weighted by atomic mass is 9.86. The molecule has 5 aliphatic heterocycles. The minimum Gasteiger partial charge on any atom is -0.511 e. The Labute approximate surface area is 471 Å². The molecule has 1 saturated heterocycles. The second-order valence-electron chi connectivity index (χ2n) is 21.6. The van der Waals surface area contributed by atoms with Crippen LogP contribution in [0, 0.1) is 11.8 Å². The van der Waals surface area contributed by atoms with Gasteiger partial charge < -0.3 is 46.0 Å². The van der Waals surface area contributed by atoms with Gasteiger partial charge in [0.2, 0.25) is 5.91 Å². The molecular weight excluding hydrogens is 1040 g/mol. The van der Waals surface area contributed by atoms with Crippen molar-refractivity contribution in [1.82, 2.24) is 20.0 Å². The molecule has 81 heavy (non-hydrogen) atoms. The maximum absolute atomic E-state index is 14.0. The lowest BCUT2D eigenvalue weighted by molar-refractivity contribution is -0.144. The number of unbranched alkanes of at least 4 members (excludes halogenated alkanes) is 3. The number of benzene rings is 1. The topological polar surface area (TPSA) is 304 Å². The summed E-state index contributed by atoms with van der Waals surface area (Å²) in [7, 11) is 0. The van der Waals surface area contributed by atoms with E-state index in [0.29, 0.717) is 35.6 Å². The number of fused-ring (bicyclic) bond motifs is 5. The average Bonchev–Trinajstić information content (AvgIpc) is 4.36. The van der Waals surface area contributed by atoms with Gasteiger partial charge in [-0.2, -0.15) is 0 Å². The molecule has 4 atom stereocenters. The number of hydrogen-bond donors (Lipinski definition) is 8. The fraction of sp³-hybridized carbons (Fsp3) is 0.483. The number of ether oxygens (including phenoxy) is 1. The Morgan fingerprint density at radius 2 is 1.37 bits per heavy atom. The van der Waals surface area contributed by atoms with Gasteiger partial charge in [0.1, 0.15) is 5.76 Å². The van der Waals surface area contributed by atoms with Crippen molar-refractivity contribution in [1.29, 1.82) is 0 Å². The Balaban J connectivity index is 1.14. The SMILES string of the molecule is CCCCCCOC(C)C1=C(C)C2=NC1=CC1=NC(=CC3=C(C)C4=C(O)CC(=C5NC(=C2)[C@@H](C)[C@@H]5CCC(=O)Nc2ccc(CC(CN(CCN(CC(=O)O)CC(=O)O)CC(=O)O)N(CC(=O)O)CC(=O)O)cc2)C4=N3)C(CC)=C1C. The van der Waals surface area contributed by atoms with Crippen LogP contribution in [-0.2, 0) is 39.9 Å². The number of carboxylic acid groups (broad SMARTS) is 5. The van der Waals surface area contributed by atoms with Crippen LogP contribution in [0.15, 0.2) is 131 Å². The molecular formula is C60H76N8O13. The highest BCUT2D eigenvalue weighted by Gasteiger charge is 2.42. The van der Waals surface area contributed by atoms with Gasteiger partial charge in [0.05, 0.1) is 73.1 Å². The summed E-state index contributed by atoms with van der Waals surface area (Å²) in [6, 6.07) is 5.83. The van der Waals surface area contributed by atoms with Crippen molar-refractivity contribution in [2.45, 2.75) is 118 Å². The molecule has 7 rings (SSSR count). The molecule has 21 nitrogen and oxygen atoms in total. The molecule has 21 heteroatoms. The molecule has 6 aliphatic rings.